The number of carbonyl (C=O) groups excluding carboxylic acids is 2. The van der Waals surface area contributed by atoms with E-state index in [1.165, 1.54) is 10.1 Å². The van der Waals surface area contributed by atoms with Crippen molar-refractivity contribution in [1.29, 1.82) is 0 Å². The van der Waals surface area contributed by atoms with Crippen molar-refractivity contribution in [3.8, 4) is 0 Å². The summed E-state index contributed by atoms with van der Waals surface area (Å²) < 4.78 is 1.35. The lowest BCUT2D eigenvalue weighted by Crippen LogP contribution is -2.30. The number of nitrogens with one attached hydrogen (secondary N) is 1. The van der Waals surface area contributed by atoms with Gasteiger partial charge in [-0.2, -0.15) is 0 Å². The molecule has 1 heterocycles. The number of aromatic nitrogens is 1. The highest BCUT2D eigenvalue weighted by Crippen LogP contribution is 2.24. The summed E-state index contributed by atoms with van der Waals surface area (Å²) in [5.74, 6) is -0.730. The zero-order chi connectivity index (χ0) is 17.5. The average molecular weight is 392 g/mol. The minimum absolute atomic E-state index is 0.0909. The summed E-state index contributed by atoms with van der Waals surface area (Å²) in [6, 6.07) is 10.5. The van der Waals surface area contributed by atoms with Crippen LogP contribution in [0.4, 0.5) is 5.69 Å². The van der Waals surface area contributed by atoms with Crippen LogP contribution in [-0.4, -0.2) is 35.1 Å². The summed E-state index contributed by atoms with van der Waals surface area (Å²) in [7, 11) is 0. The van der Waals surface area contributed by atoms with Crippen LogP contribution >= 0.6 is 16.1 Å². The molecule has 24 heavy (non-hydrogen) atoms. The summed E-state index contributed by atoms with van der Waals surface area (Å²) in [5.41, 5.74) is 1.94. The van der Waals surface area contributed by atoms with Gasteiger partial charge >= 0.3 is 0 Å². The maximum absolute atomic E-state index is 12.3. The number of halogens is 1. The number of hydrogen-bond acceptors (Lipinski definition) is 4. The third-order valence-electron chi connectivity index (χ3n) is 3.51. The molecule has 0 fully saturated rings. The van der Waals surface area contributed by atoms with E-state index < -0.39 is 0 Å². The minimum atomic E-state index is -0.344. The number of hydrogen-bond donors (Lipinski definition) is 2. The lowest BCUT2D eigenvalue weighted by molar-refractivity contribution is -0.122. The number of nitrogens with zero attached hydrogens (tertiary/aromatic N) is 2. The highest BCUT2D eigenvalue weighted by molar-refractivity contribution is 9.10. The number of rotatable bonds is 6. The van der Waals surface area contributed by atoms with Gasteiger partial charge in [0.25, 0.3) is 5.91 Å². The average Bonchev–Trinajstić information content (AvgIpc) is 2.65. The van der Waals surface area contributed by atoms with Crippen molar-refractivity contribution in [2.45, 2.75) is 12.8 Å². The molecular weight excluding hydrogens is 374 g/mol. The molecule has 2 aromatic rings. The third kappa shape index (κ3) is 4.39. The fraction of sp³-hybridized carbons (Fsp3) is 0.235. The first-order chi connectivity index (χ1) is 11.5. The van der Waals surface area contributed by atoms with Gasteiger partial charge in [-0.1, -0.05) is 12.1 Å². The lowest BCUT2D eigenvalue weighted by Gasteiger charge is -2.16. The minimum Gasteiger partial charge on any atom is -0.395 e. The van der Waals surface area contributed by atoms with Crippen LogP contribution in [0.15, 0.2) is 48.8 Å². The normalized spacial score (nSPS) is 11.6. The Bertz CT molecular complexity index is 692. The number of aliphatic hydroxyl groups excluding tert-OH is 1. The van der Waals surface area contributed by atoms with Crippen LogP contribution in [0, 0.1) is 0 Å². The first-order valence-corrected chi connectivity index (χ1v) is 8.14. The smallest absolute Gasteiger partial charge is 0.269 e. The summed E-state index contributed by atoms with van der Waals surface area (Å²) in [5, 5.41) is 11.4. The molecule has 2 amide bonds. The molecule has 0 radical (unpaired) electrons. The Balaban J connectivity index is 2.08. The van der Waals surface area contributed by atoms with Gasteiger partial charge in [-0.05, 0) is 36.8 Å². The summed E-state index contributed by atoms with van der Waals surface area (Å²) in [6.45, 7) is 1.93. The molecule has 0 bridgehead atoms. The lowest BCUT2D eigenvalue weighted by atomic mass is 10.00. The predicted octanol–water partition coefficient (Wildman–Crippen LogP) is 2.25. The van der Waals surface area contributed by atoms with Crippen molar-refractivity contribution < 1.29 is 14.7 Å². The van der Waals surface area contributed by atoms with Crippen molar-refractivity contribution >= 4 is 33.6 Å². The highest BCUT2D eigenvalue weighted by Gasteiger charge is 2.18. The van der Waals surface area contributed by atoms with E-state index in [1.807, 2.05) is 0 Å². The van der Waals surface area contributed by atoms with E-state index in [0.29, 0.717) is 11.3 Å². The summed E-state index contributed by atoms with van der Waals surface area (Å²) in [6.07, 6.45) is 3.10. The fourth-order valence-electron chi connectivity index (χ4n) is 2.10. The molecule has 0 aliphatic carbocycles. The van der Waals surface area contributed by atoms with E-state index in [0.717, 1.165) is 5.56 Å². The first kappa shape index (κ1) is 18.1. The van der Waals surface area contributed by atoms with Gasteiger partial charge in [0.1, 0.15) is 0 Å². The summed E-state index contributed by atoms with van der Waals surface area (Å²) in [4.78, 5) is 28.2. The van der Waals surface area contributed by atoms with Crippen molar-refractivity contribution in [3.05, 3.63) is 59.9 Å². The van der Waals surface area contributed by atoms with Gasteiger partial charge in [0.2, 0.25) is 5.91 Å². The Hall–Kier alpha value is -2.25. The zero-order valence-corrected chi connectivity index (χ0v) is 14.7. The topological polar surface area (TPSA) is 82.5 Å². The monoisotopic (exact) mass is 391 g/mol. The molecule has 6 nitrogen and oxygen atoms in total. The largest absolute Gasteiger partial charge is 0.395 e. The van der Waals surface area contributed by atoms with Crippen molar-refractivity contribution in [1.82, 2.24) is 10.3 Å². The van der Waals surface area contributed by atoms with E-state index >= 15 is 0 Å². The number of benzene rings is 1. The van der Waals surface area contributed by atoms with Crippen LogP contribution in [0.1, 0.15) is 28.8 Å². The van der Waals surface area contributed by atoms with Crippen molar-refractivity contribution in [2.24, 2.45) is 0 Å². The molecule has 126 valence electrons. The highest BCUT2D eigenvalue weighted by atomic mass is 79.9. The first-order valence-electron chi connectivity index (χ1n) is 7.43. The van der Waals surface area contributed by atoms with Crippen LogP contribution in [0.2, 0.25) is 0 Å². The fourth-order valence-corrected chi connectivity index (χ4v) is 2.54. The number of anilines is 1. The Morgan fingerprint density at radius 2 is 2.00 bits per heavy atom. The van der Waals surface area contributed by atoms with E-state index in [2.05, 4.69) is 26.4 Å². The number of pyridine rings is 1. The second kappa shape index (κ2) is 8.56. The van der Waals surface area contributed by atoms with Gasteiger partial charge in [0, 0.05) is 18.9 Å². The standard InChI is InChI=1S/C17H18BrN3O3/c1-12(16(23)20-9-10-22)13-4-6-15(7-5-13)21(18)17(24)14-3-2-8-19-11-14/h2-8,11-12,22H,9-10H2,1H3,(H,20,23). The van der Waals surface area contributed by atoms with Gasteiger partial charge in [-0.15, -0.1) is 0 Å². The molecule has 2 rings (SSSR count). The van der Waals surface area contributed by atoms with Gasteiger partial charge in [-0.3, -0.25) is 14.6 Å². The van der Waals surface area contributed by atoms with Crippen LogP contribution in [0.3, 0.4) is 0 Å². The number of carbonyl (C=O) groups is 2. The second-order valence-electron chi connectivity index (χ2n) is 5.16. The van der Waals surface area contributed by atoms with Crippen LogP contribution in [0.25, 0.3) is 0 Å². The molecule has 1 unspecified atom stereocenters. The molecule has 0 aliphatic heterocycles. The van der Waals surface area contributed by atoms with Gasteiger partial charge in [0.05, 0.1) is 39.9 Å². The molecule has 2 N–H and O–H groups in total. The van der Waals surface area contributed by atoms with Gasteiger partial charge < -0.3 is 10.4 Å². The Labute approximate surface area is 148 Å². The molecule has 1 aromatic carbocycles. The van der Waals surface area contributed by atoms with E-state index in [9.17, 15) is 9.59 Å². The maximum atomic E-state index is 12.3. The summed E-state index contributed by atoms with van der Waals surface area (Å²) >= 11 is 3.26. The van der Waals surface area contributed by atoms with E-state index in [1.54, 1.807) is 49.5 Å². The van der Waals surface area contributed by atoms with Crippen LogP contribution in [0.5, 0.6) is 0 Å². The maximum Gasteiger partial charge on any atom is 0.269 e. The van der Waals surface area contributed by atoms with Crippen molar-refractivity contribution in [3.63, 3.8) is 0 Å². The zero-order valence-electron chi connectivity index (χ0n) is 13.1. The Kier molecular flexibility index (Phi) is 6.45. The van der Waals surface area contributed by atoms with E-state index in [4.69, 9.17) is 5.11 Å². The second-order valence-corrected chi connectivity index (χ2v) is 5.86. The van der Waals surface area contributed by atoms with Crippen molar-refractivity contribution in [2.75, 3.05) is 17.1 Å². The molecule has 0 saturated heterocycles. The molecule has 0 saturated carbocycles. The molecule has 0 spiro atoms. The van der Waals surface area contributed by atoms with Gasteiger partial charge in [0.15, 0.2) is 0 Å². The number of amides is 2. The predicted molar refractivity (Wildman–Crippen MR) is 94.9 cm³/mol. The molecule has 1 atom stereocenters. The third-order valence-corrected chi connectivity index (χ3v) is 4.24. The van der Waals surface area contributed by atoms with E-state index in [-0.39, 0.29) is 30.9 Å². The SMILES string of the molecule is CC(C(=O)NCCO)c1ccc(N(Br)C(=O)c2cccnc2)cc1. The Morgan fingerprint density at radius 3 is 2.58 bits per heavy atom. The van der Waals surface area contributed by atoms with Crippen LogP contribution < -0.4 is 9.24 Å². The Morgan fingerprint density at radius 1 is 1.29 bits per heavy atom. The quantitative estimate of drug-likeness (QED) is 0.739. The van der Waals surface area contributed by atoms with Gasteiger partial charge in [-0.25, -0.2) is 3.93 Å². The molecule has 0 aliphatic rings. The molecular formula is C17H18BrN3O3. The molecule has 1 aromatic heterocycles. The number of aliphatic hydroxyl groups is 1. The molecule has 7 heteroatoms. The van der Waals surface area contributed by atoms with Crippen LogP contribution in [-0.2, 0) is 4.79 Å².